The van der Waals surface area contributed by atoms with Crippen LogP contribution in [0.3, 0.4) is 0 Å². The number of halogens is 3. The third kappa shape index (κ3) is 8.33. The third-order valence-electron chi connectivity index (χ3n) is 7.21. The lowest BCUT2D eigenvalue weighted by Crippen LogP contribution is -2.43. The number of ether oxygens (including phenoxy) is 2. The van der Waals surface area contributed by atoms with E-state index in [0.717, 1.165) is 46.5 Å². The lowest BCUT2D eigenvalue weighted by molar-refractivity contribution is -0.275. The van der Waals surface area contributed by atoms with Gasteiger partial charge in [-0.2, -0.15) is 0 Å². The fourth-order valence-corrected chi connectivity index (χ4v) is 5.11. The van der Waals surface area contributed by atoms with Gasteiger partial charge in [-0.3, -0.25) is 4.79 Å². The molecule has 4 atom stereocenters. The second-order valence-electron chi connectivity index (χ2n) is 10.3. The fourth-order valence-electron chi connectivity index (χ4n) is 4.91. The van der Waals surface area contributed by atoms with Crippen molar-refractivity contribution in [3.8, 4) is 11.1 Å². The highest BCUT2D eigenvalue weighted by atomic mass is 35.6. The van der Waals surface area contributed by atoms with Crippen molar-refractivity contribution >= 4 is 40.7 Å². The van der Waals surface area contributed by atoms with E-state index in [1.165, 1.54) is 0 Å². The van der Waals surface area contributed by atoms with Gasteiger partial charge in [0.25, 0.3) is 9.70 Å². The largest absolute Gasteiger partial charge is 0.392 e. The summed E-state index contributed by atoms with van der Waals surface area (Å²) < 4.78 is 11.1. The summed E-state index contributed by atoms with van der Waals surface area (Å²) in [5.74, 6) is -0.571. The number of hydrogen-bond acceptors (Lipinski definition) is 5. The van der Waals surface area contributed by atoms with Gasteiger partial charge >= 0.3 is 0 Å². The topological polar surface area (TPSA) is 71.0 Å². The summed E-state index contributed by atoms with van der Waals surface area (Å²) in [5, 5.41) is 12.1. The summed E-state index contributed by atoms with van der Waals surface area (Å²) in [7, 11) is 2.05. The van der Waals surface area contributed by atoms with E-state index in [1.54, 1.807) is 0 Å². The molecule has 1 amide bonds. The Hall–Kier alpha value is -2.42. The van der Waals surface area contributed by atoms with E-state index in [1.807, 2.05) is 78.9 Å². The number of carbonyl (C=O) groups excluding carboxylic acids is 1. The number of nitrogens with zero attached hydrogens (tertiary/aromatic N) is 1. The molecule has 1 heterocycles. The molecule has 1 saturated heterocycles. The monoisotopic (exact) mass is 616 g/mol. The predicted molar refractivity (Wildman–Crippen MR) is 165 cm³/mol. The normalized spacial score (nSPS) is 21.0. The molecule has 0 bridgehead atoms. The van der Waals surface area contributed by atoms with Gasteiger partial charge in [-0.15, -0.1) is 6.58 Å². The minimum absolute atomic E-state index is 0.000910. The van der Waals surface area contributed by atoms with E-state index in [2.05, 4.69) is 30.8 Å². The van der Waals surface area contributed by atoms with Crippen LogP contribution >= 0.6 is 34.8 Å². The Morgan fingerprint density at radius 3 is 2.32 bits per heavy atom. The molecule has 0 aromatic heterocycles. The number of likely N-dealkylation sites (N-methyl/N-ethyl adjacent to an activating group) is 1. The SMILES string of the molecule is C=CCN(C)C[C@@H]1O[C@H](c2ccc(-c3cccc(CNC(=O)C(Cl)(Cl)Cl)c3)cc2)O[C@H](c2ccc(CO)cc2)[C@@H]1C. The van der Waals surface area contributed by atoms with E-state index in [0.29, 0.717) is 0 Å². The third-order valence-corrected chi connectivity index (χ3v) is 7.72. The number of amides is 1. The summed E-state index contributed by atoms with van der Waals surface area (Å²) in [4.78, 5) is 14.1. The Bertz CT molecular complexity index is 1310. The molecule has 6 nitrogen and oxygen atoms in total. The van der Waals surface area contributed by atoms with Gasteiger partial charge in [-0.25, -0.2) is 0 Å². The van der Waals surface area contributed by atoms with Crippen LogP contribution in [0.15, 0.2) is 85.5 Å². The van der Waals surface area contributed by atoms with Crippen LogP contribution in [-0.2, 0) is 27.4 Å². The van der Waals surface area contributed by atoms with Gasteiger partial charge < -0.3 is 24.8 Å². The van der Waals surface area contributed by atoms with Crippen LogP contribution in [0.5, 0.6) is 0 Å². The summed E-state index contributed by atoms with van der Waals surface area (Å²) in [6.07, 6.45) is 1.09. The predicted octanol–water partition coefficient (Wildman–Crippen LogP) is 6.74. The molecule has 0 radical (unpaired) electrons. The highest BCUT2D eigenvalue weighted by molar-refractivity contribution is 6.76. The Balaban J connectivity index is 1.53. The molecule has 3 aromatic carbocycles. The van der Waals surface area contributed by atoms with E-state index in [-0.39, 0.29) is 31.3 Å². The van der Waals surface area contributed by atoms with Gasteiger partial charge in [0.1, 0.15) is 0 Å². The zero-order valence-electron chi connectivity index (χ0n) is 23.1. The van der Waals surface area contributed by atoms with Crippen LogP contribution in [0.1, 0.15) is 41.6 Å². The molecule has 9 heteroatoms. The van der Waals surface area contributed by atoms with E-state index in [9.17, 15) is 9.90 Å². The van der Waals surface area contributed by atoms with Crippen LogP contribution in [0.25, 0.3) is 11.1 Å². The molecule has 0 spiro atoms. The van der Waals surface area contributed by atoms with E-state index >= 15 is 0 Å². The molecule has 1 aliphatic heterocycles. The van der Waals surface area contributed by atoms with Gasteiger partial charge in [0.15, 0.2) is 6.29 Å². The van der Waals surface area contributed by atoms with Gasteiger partial charge in [0.05, 0.1) is 18.8 Å². The summed E-state index contributed by atoms with van der Waals surface area (Å²) in [6.45, 7) is 7.74. The molecule has 41 heavy (non-hydrogen) atoms. The number of aliphatic hydroxyl groups is 1. The Morgan fingerprint density at radius 1 is 1.00 bits per heavy atom. The Kier molecular flexibility index (Phi) is 10.9. The second kappa shape index (κ2) is 14.2. The number of carbonyl (C=O) groups is 1. The second-order valence-corrected chi connectivity index (χ2v) is 12.6. The van der Waals surface area contributed by atoms with Crippen molar-refractivity contribution in [1.29, 1.82) is 0 Å². The number of benzene rings is 3. The van der Waals surface area contributed by atoms with Crippen molar-refractivity contribution < 1.29 is 19.4 Å². The fraction of sp³-hybridized carbons (Fsp3) is 0.344. The highest BCUT2D eigenvalue weighted by Crippen LogP contribution is 2.42. The summed E-state index contributed by atoms with van der Waals surface area (Å²) >= 11 is 17.0. The maximum absolute atomic E-state index is 11.9. The van der Waals surface area contributed by atoms with E-state index in [4.69, 9.17) is 44.3 Å². The van der Waals surface area contributed by atoms with Gasteiger partial charge in [-0.1, -0.05) is 115 Å². The smallest absolute Gasteiger partial charge is 0.272 e. The summed E-state index contributed by atoms with van der Waals surface area (Å²) in [6, 6.07) is 23.8. The van der Waals surface area contributed by atoms with Crippen LogP contribution < -0.4 is 5.32 Å². The quantitative estimate of drug-likeness (QED) is 0.195. The van der Waals surface area contributed by atoms with Crippen molar-refractivity contribution in [2.24, 2.45) is 5.92 Å². The number of aliphatic hydroxyl groups excluding tert-OH is 1. The number of hydrogen-bond donors (Lipinski definition) is 2. The first-order valence-electron chi connectivity index (χ1n) is 13.4. The van der Waals surface area contributed by atoms with Crippen LogP contribution in [0.2, 0.25) is 0 Å². The minimum atomic E-state index is -2.00. The van der Waals surface area contributed by atoms with Crippen LogP contribution in [0, 0.1) is 5.92 Å². The van der Waals surface area contributed by atoms with Crippen molar-refractivity contribution in [1.82, 2.24) is 10.2 Å². The number of alkyl halides is 3. The zero-order chi connectivity index (χ0) is 29.6. The van der Waals surface area contributed by atoms with Crippen molar-refractivity contribution in [2.75, 3.05) is 20.1 Å². The zero-order valence-corrected chi connectivity index (χ0v) is 25.4. The molecule has 2 N–H and O–H groups in total. The van der Waals surface area contributed by atoms with Crippen LogP contribution in [-0.4, -0.2) is 45.9 Å². The standard InChI is InChI=1S/C32H35Cl3N2O4/c1-4-16-37(3)19-28-21(2)29(25-10-8-22(20-38)9-11-25)41-30(40-28)26-14-12-24(13-15-26)27-7-5-6-23(17-27)18-36-31(39)32(33,34)35/h4-15,17,21,28-30,38H,1,16,18-20H2,2-3H3,(H,36,39)/t21-,28+,29+,30+/m1/s1. The molecule has 0 saturated carbocycles. The van der Waals surface area contributed by atoms with Crippen molar-refractivity contribution in [2.45, 2.75) is 42.4 Å². The minimum Gasteiger partial charge on any atom is -0.392 e. The maximum Gasteiger partial charge on any atom is 0.272 e. The molecule has 0 aliphatic carbocycles. The van der Waals surface area contributed by atoms with Crippen molar-refractivity contribution in [3.05, 3.63) is 108 Å². The Labute approximate surface area is 256 Å². The number of rotatable bonds is 10. The average molecular weight is 618 g/mol. The Morgan fingerprint density at radius 2 is 1.68 bits per heavy atom. The van der Waals surface area contributed by atoms with Crippen molar-refractivity contribution in [3.63, 3.8) is 0 Å². The first-order valence-corrected chi connectivity index (χ1v) is 14.6. The average Bonchev–Trinajstić information content (AvgIpc) is 2.97. The van der Waals surface area contributed by atoms with Gasteiger partial charge in [-0.05, 0) is 40.9 Å². The van der Waals surface area contributed by atoms with E-state index < -0.39 is 16.0 Å². The molecule has 3 aromatic rings. The molecule has 218 valence electrons. The lowest BCUT2D eigenvalue weighted by atomic mass is 9.90. The molecule has 1 fully saturated rings. The molecular formula is C32H35Cl3N2O4. The van der Waals surface area contributed by atoms with Gasteiger partial charge in [0, 0.05) is 31.1 Å². The van der Waals surface area contributed by atoms with Gasteiger partial charge in [0.2, 0.25) is 0 Å². The van der Waals surface area contributed by atoms with Crippen LogP contribution in [0.4, 0.5) is 0 Å². The number of nitrogens with one attached hydrogen (secondary N) is 1. The molecule has 1 aliphatic rings. The highest BCUT2D eigenvalue weighted by Gasteiger charge is 2.38. The summed E-state index contributed by atoms with van der Waals surface area (Å²) in [5.41, 5.74) is 5.70. The first kappa shape index (κ1) is 31.5. The molecule has 4 rings (SSSR count). The first-order chi connectivity index (χ1) is 19.6. The lowest BCUT2D eigenvalue weighted by Gasteiger charge is -2.42. The maximum atomic E-state index is 11.9. The molecular weight excluding hydrogens is 583 g/mol. The molecule has 0 unspecified atom stereocenters.